The van der Waals surface area contributed by atoms with Gasteiger partial charge < -0.3 is 0 Å². The fourth-order valence-electron chi connectivity index (χ4n) is 9.04. The van der Waals surface area contributed by atoms with Crippen LogP contribution < -0.4 is 16.4 Å². The summed E-state index contributed by atoms with van der Waals surface area (Å²) in [6.45, 7) is 2.82. The van der Waals surface area contributed by atoms with E-state index in [1.165, 1.54) is 0 Å². The average Bonchev–Trinajstić information content (AvgIpc) is 3.31. The van der Waals surface area contributed by atoms with Crippen molar-refractivity contribution in [3.05, 3.63) is 214 Å². The van der Waals surface area contributed by atoms with Crippen molar-refractivity contribution in [3.63, 3.8) is 0 Å². The van der Waals surface area contributed by atoms with Crippen LogP contribution in [0.25, 0.3) is 0 Å². The van der Waals surface area contributed by atoms with Crippen molar-refractivity contribution in [2.75, 3.05) is 0 Å². The molecule has 0 saturated carbocycles. The van der Waals surface area contributed by atoms with Crippen molar-refractivity contribution in [2.24, 2.45) is 0 Å². The molecule has 0 aromatic heterocycles. The highest BCUT2D eigenvalue weighted by molar-refractivity contribution is 7.14. The largest absolute Gasteiger partial charge is 0.233 e. The second-order valence-electron chi connectivity index (χ2n) is 14.5. The van der Waals surface area contributed by atoms with E-state index in [2.05, 4.69) is 6.92 Å². The zero-order valence-corrected chi connectivity index (χ0v) is 31.0. The quantitative estimate of drug-likeness (QED) is 0.0492. The number of benzene rings is 6. The summed E-state index contributed by atoms with van der Waals surface area (Å²) < 4.78 is 334. The molecule has 0 amide bonds. The van der Waals surface area contributed by atoms with Crippen LogP contribution in [0.15, 0.2) is 103 Å². The molecule has 6 aromatic rings. The monoisotopic (exact) mass is 924 g/mol. The molecule has 0 heterocycles. The van der Waals surface area contributed by atoms with Gasteiger partial charge in [-0.3, -0.25) is 0 Å². The summed E-state index contributed by atoms with van der Waals surface area (Å²) in [5, 5.41) is -5.94. The van der Waals surface area contributed by atoms with E-state index in [1.54, 1.807) is 0 Å². The number of hydrogen-bond acceptors (Lipinski definition) is 0. The average molecular weight is 924 g/mol. The van der Waals surface area contributed by atoms with E-state index >= 15 is 74.6 Å². The molecular weight excluding hydrogens is 907 g/mol. The van der Waals surface area contributed by atoms with Gasteiger partial charge in [0.25, 0.3) is 0 Å². The summed E-state index contributed by atoms with van der Waals surface area (Å²) in [5.74, 6) is -61.7. The lowest BCUT2D eigenvalue weighted by Crippen LogP contribution is -2.84. The van der Waals surface area contributed by atoms with Gasteiger partial charge in [0.05, 0.1) is 5.31 Å². The highest BCUT2D eigenvalue weighted by Gasteiger charge is 2.86. The molecule has 4 atom stereocenters. The van der Waals surface area contributed by atoms with Crippen LogP contribution in [0, 0.1) is 94.2 Å². The van der Waals surface area contributed by atoms with Crippen LogP contribution >= 0.6 is 0 Å². The summed E-state index contributed by atoms with van der Waals surface area (Å²) in [7, 11) is 0. The minimum Gasteiger partial charge on any atom is -0.233 e. The predicted octanol–water partition coefficient (Wildman–Crippen LogP) is 11.6. The fourth-order valence-corrected chi connectivity index (χ4v) is 9.04. The third-order valence-electron chi connectivity index (χ3n) is 11.7. The molecule has 0 radical (unpaired) electrons. The van der Waals surface area contributed by atoms with Crippen LogP contribution in [-0.4, -0.2) is 6.15 Å². The third-order valence-corrected chi connectivity index (χ3v) is 11.7. The minimum atomic E-state index is -7.69. The van der Waals surface area contributed by atoms with Gasteiger partial charge in [-0.15, -0.1) is 16.4 Å². The van der Waals surface area contributed by atoms with E-state index in [1.807, 2.05) is 0 Å². The second-order valence-corrected chi connectivity index (χ2v) is 14.5. The zero-order valence-electron chi connectivity index (χ0n) is 31.0. The van der Waals surface area contributed by atoms with Gasteiger partial charge in [0, 0.05) is 6.92 Å². The van der Waals surface area contributed by atoms with E-state index in [0.717, 1.165) is 30.3 Å². The van der Waals surface area contributed by atoms with Gasteiger partial charge >= 0.3 is 0 Å². The van der Waals surface area contributed by atoms with Crippen LogP contribution in [0.4, 0.5) is 87.8 Å². The molecule has 0 bridgehead atoms. The highest BCUT2D eigenvalue weighted by atomic mass is 19.2. The molecule has 332 valence electrons. The predicted molar refractivity (Wildman–Crippen MR) is 188 cm³/mol. The lowest BCUT2D eigenvalue weighted by Gasteiger charge is -2.63. The first-order chi connectivity index (χ1) is 29.9. The van der Waals surface area contributed by atoms with Crippen molar-refractivity contribution >= 4 is 22.5 Å². The molecule has 0 N–H and O–H groups in total. The maximum absolute atomic E-state index is 20.3. The lowest BCUT2D eigenvalue weighted by molar-refractivity contribution is -0.178. The molecular formula is C43H17BF20. The smallest absolute Gasteiger partial charge is 0.231 e. The van der Waals surface area contributed by atoms with Crippen molar-refractivity contribution in [1.82, 2.24) is 0 Å². The molecule has 64 heavy (non-hydrogen) atoms. The number of alkyl halides is 3. The first kappa shape index (κ1) is 45.6. The molecule has 1 aliphatic rings. The van der Waals surface area contributed by atoms with Crippen molar-refractivity contribution in [2.45, 2.75) is 22.3 Å². The van der Waals surface area contributed by atoms with Crippen LogP contribution in [0.3, 0.4) is 0 Å². The molecule has 0 fully saturated rings. The maximum Gasteiger partial charge on any atom is 0.231 e. The Morgan fingerprint density at radius 1 is 0.297 bits per heavy atom. The molecule has 21 heteroatoms. The highest BCUT2D eigenvalue weighted by Crippen LogP contribution is 2.77. The van der Waals surface area contributed by atoms with Gasteiger partial charge in [-0.05, 0) is 16.7 Å². The Labute approximate surface area is 346 Å². The van der Waals surface area contributed by atoms with E-state index in [0.29, 0.717) is 48.5 Å². The Morgan fingerprint density at radius 3 is 0.812 bits per heavy atom. The molecule has 7 rings (SSSR count). The van der Waals surface area contributed by atoms with E-state index < -0.39 is 160 Å². The number of halogens is 20. The molecule has 1 aliphatic carbocycles. The van der Waals surface area contributed by atoms with Crippen molar-refractivity contribution in [1.29, 1.82) is 0 Å². The van der Waals surface area contributed by atoms with Crippen molar-refractivity contribution in [3.8, 4) is 0 Å². The fraction of sp³-hybridized carbons (Fsp3) is 0.0930. The van der Waals surface area contributed by atoms with Gasteiger partial charge in [-0.2, -0.15) is 0 Å². The molecule has 4 unspecified atom stereocenters. The zero-order chi connectivity index (χ0) is 47.4. The Balaban J connectivity index is 2.02. The Hall–Kier alpha value is -6.41. The second kappa shape index (κ2) is 15.1. The van der Waals surface area contributed by atoms with E-state index in [4.69, 9.17) is 0 Å². The topological polar surface area (TPSA) is 0 Å². The van der Waals surface area contributed by atoms with Gasteiger partial charge in [-0.1, -0.05) is 91.0 Å². The van der Waals surface area contributed by atoms with Gasteiger partial charge in [0.1, 0.15) is 34.9 Å². The molecule has 6 aromatic carbocycles. The first-order valence-corrected chi connectivity index (χ1v) is 17.8. The van der Waals surface area contributed by atoms with Gasteiger partial charge in [0.2, 0.25) is 11.3 Å². The van der Waals surface area contributed by atoms with Gasteiger partial charge in [-0.25, -0.2) is 87.8 Å². The summed E-state index contributed by atoms with van der Waals surface area (Å²) in [6.07, 6.45) is -7.69. The Kier molecular flexibility index (Phi) is 10.8. The summed E-state index contributed by atoms with van der Waals surface area (Å²) >= 11 is 0. The molecule has 0 spiro atoms. The van der Waals surface area contributed by atoms with Gasteiger partial charge in [0.15, 0.2) is 75.8 Å². The van der Waals surface area contributed by atoms with Crippen LogP contribution in [0.5, 0.6) is 0 Å². The van der Waals surface area contributed by atoms with E-state index in [-0.39, 0.29) is 12.1 Å². The number of allylic oxidation sites excluding steroid dienone is 2. The maximum atomic E-state index is 20.3. The molecule has 0 aliphatic heterocycles. The normalized spacial score (nSPS) is 22.6. The third kappa shape index (κ3) is 5.25. The lowest BCUT2D eigenvalue weighted by atomic mass is 9.03. The number of hydrogen-bond donors (Lipinski definition) is 0. The summed E-state index contributed by atoms with van der Waals surface area (Å²) in [4.78, 5) is 0. The SMILES string of the molecule is [CH2+]C1([B-](c2c(F)c(F)c(F)c(F)c2F)(c2c(F)c(F)c(F)c(F)c2F)c2c(F)c(F)c(F)c(F)c2F)C(F)=C(F)C(F)(c2ccccc2)C(F)(c2ccccc2)C1(F)c1ccccc1. The standard InChI is InChI=1S/C43H17BF20/c1-40(38(60)39(61)41(62,17-11-5-2-6-12-17)43(64,19-15-9-4-10-16-19)42(40,63)18-13-7-3-8-14-18)44(20-23(45)29(51)35(57)30(52)24(20)46,21-25(47)31(53)36(58)32(54)26(21)48)22-27(49)33(55)37(59)34(56)28(22)50/h2-16H,1H2. The number of rotatable bonds is 7. The van der Waals surface area contributed by atoms with E-state index in [9.17, 15) is 13.2 Å². The molecule has 0 nitrogen and oxygen atoms in total. The minimum absolute atomic E-state index is 0.190. The van der Waals surface area contributed by atoms with Crippen LogP contribution in [0.2, 0.25) is 5.31 Å². The summed E-state index contributed by atoms with van der Waals surface area (Å²) in [6, 6.07) is 8.82. The first-order valence-electron chi connectivity index (χ1n) is 17.8. The Morgan fingerprint density at radius 2 is 0.531 bits per heavy atom. The Bertz CT molecular complexity index is 2670. The summed E-state index contributed by atoms with van der Waals surface area (Å²) in [5.41, 5.74) is -32.6. The van der Waals surface area contributed by atoms with Crippen LogP contribution in [-0.2, 0) is 17.0 Å². The van der Waals surface area contributed by atoms with Crippen LogP contribution in [0.1, 0.15) is 16.7 Å². The van der Waals surface area contributed by atoms with Crippen molar-refractivity contribution < 1.29 is 87.8 Å². The molecule has 0 saturated heterocycles.